The first-order valence-electron chi connectivity index (χ1n) is 8.86. The Labute approximate surface area is 149 Å². The average Bonchev–Trinajstić information content (AvgIpc) is 2.63. The lowest BCUT2D eigenvalue weighted by Gasteiger charge is -2.32. The number of urea groups is 1. The van der Waals surface area contributed by atoms with Crippen LogP contribution in [-0.2, 0) is 0 Å². The SMILES string of the molecule is Cc1cccc(NC(=O)N2CCC(CCOc3cccnc3)CC2)c1. The molecule has 2 heterocycles. The average molecular weight is 339 g/mol. The van der Waals surface area contributed by atoms with Crippen molar-refractivity contribution in [2.75, 3.05) is 25.0 Å². The molecule has 0 atom stereocenters. The smallest absolute Gasteiger partial charge is 0.321 e. The number of nitrogens with one attached hydrogen (secondary N) is 1. The molecular weight excluding hydrogens is 314 g/mol. The molecule has 1 fully saturated rings. The van der Waals surface area contributed by atoms with E-state index in [4.69, 9.17) is 4.74 Å². The van der Waals surface area contributed by atoms with Crippen molar-refractivity contribution < 1.29 is 9.53 Å². The molecule has 132 valence electrons. The van der Waals surface area contributed by atoms with E-state index in [9.17, 15) is 4.79 Å². The third kappa shape index (κ3) is 5.21. The maximum absolute atomic E-state index is 12.4. The summed E-state index contributed by atoms with van der Waals surface area (Å²) in [4.78, 5) is 18.3. The molecule has 1 aromatic heterocycles. The highest BCUT2D eigenvalue weighted by atomic mass is 16.5. The number of aryl methyl sites for hydroxylation is 1. The zero-order chi connectivity index (χ0) is 17.5. The molecule has 0 radical (unpaired) electrons. The number of benzene rings is 1. The van der Waals surface area contributed by atoms with E-state index in [2.05, 4.69) is 10.3 Å². The molecule has 5 heteroatoms. The van der Waals surface area contributed by atoms with Crippen LogP contribution < -0.4 is 10.1 Å². The van der Waals surface area contributed by atoms with Gasteiger partial charge in [-0.2, -0.15) is 0 Å². The number of likely N-dealkylation sites (tertiary alicyclic amines) is 1. The first-order valence-corrected chi connectivity index (χ1v) is 8.86. The summed E-state index contributed by atoms with van der Waals surface area (Å²) in [6.07, 6.45) is 6.54. The van der Waals surface area contributed by atoms with Crippen molar-refractivity contribution >= 4 is 11.7 Å². The van der Waals surface area contributed by atoms with Crippen LogP contribution in [0, 0.1) is 12.8 Å². The summed E-state index contributed by atoms with van der Waals surface area (Å²) in [5, 5.41) is 2.99. The van der Waals surface area contributed by atoms with Crippen LogP contribution in [0.2, 0.25) is 0 Å². The van der Waals surface area contributed by atoms with Gasteiger partial charge in [-0.25, -0.2) is 4.79 Å². The first-order chi connectivity index (χ1) is 12.2. The third-order valence-corrected chi connectivity index (χ3v) is 4.60. The summed E-state index contributed by atoms with van der Waals surface area (Å²) in [6.45, 7) is 4.32. The van der Waals surface area contributed by atoms with E-state index in [1.165, 1.54) is 0 Å². The van der Waals surface area contributed by atoms with Gasteiger partial charge in [0, 0.05) is 25.0 Å². The number of hydrogen-bond donors (Lipinski definition) is 1. The fraction of sp³-hybridized carbons (Fsp3) is 0.400. The second-order valence-electron chi connectivity index (χ2n) is 6.56. The molecule has 0 aliphatic carbocycles. The normalized spacial score (nSPS) is 15.0. The highest BCUT2D eigenvalue weighted by Crippen LogP contribution is 2.22. The highest BCUT2D eigenvalue weighted by Gasteiger charge is 2.22. The van der Waals surface area contributed by atoms with Crippen molar-refractivity contribution in [2.45, 2.75) is 26.2 Å². The van der Waals surface area contributed by atoms with Gasteiger partial charge in [0.05, 0.1) is 12.8 Å². The van der Waals surface area contributed by atoms with Crippen molar-refractivity contribution in [3.05, 3.63) is 54.4 Å². The van der Waals surface area contributed by atoms with Crippen LogP contribution in [0.1, 0.15) is 24.8 Å². The van der Waals surface area contributed by atoms with Gasteiger partial charge < -0.3 is 15.0 Å². The summed E-state index contributed by atoms with van der Waals surface area (Å²) in [6, 6.07) is 11.7. The van der Waals surface area contributed by atoms with Crippen LogP contribution in [0.15, 0.2) is 48.8 Å². The van der Waals surface area contributed by atoms with Crippen molar-refractivity contribution in [3.63, 3.8) is 0 Å². The Morgan fingerprint density at radius 3 is 2.84 bits per heavy atom. The molecule has 0 saturated carbocycles. The van der Waals surface area contributed by atoms with Crippen LogP contribution >= 0.6 is 0 Å². The van der Waals surface area contributed by atoms with Crippen molar-refractivity contribution in [2.24, 2.45) is 5.92 Å². The molecule has 5 nitrogen and oxygen atoms in total. The van der Waals surface area contributed by atoms with Crippen LogP contribution in [-0.4, -0.2) is 35.6 Å². The fourth-order valence-electron chi connectivity index (χ4n) is 3.13. The van der Waals surface area contributed by atoms with Crippen LogP contribution in [0.5, 0.6) is 5.75 Å². The Morgan fingerprint density at radius 1 is 1.28 bits per heavy atom. The van der Waals surface area contributed by atoms with Gasteiger partial charge in [0.15, 0.2) is 0 Å². The predicted octanol–water partition coefficient (Wildman–Crippen LogP) is 4.10. The number of piperidine rings is 1. The minimum atomic E-state index is -0.00402. The summed E-state index contributed by atoms with van der Waals surface area (Å²) in [7, 11) is 0. The Morgan fingerprint density at radius 2 is 2.12 bits per heavy atom. The number of carbonyl (C=O) groups is 1. The minimum absolute atomic E-state index is 0.00402. The van der Waals surface area contributed by atoms with E-state index in [0.717, 1.165) is 49.4 Å². The molecule has 25 heavy (non-hydrogen) atoms. The molecule has 1 aromatic carbocycles. The highest BCUT2D eigenvalue weighted by molar-refractivity contribution is 5.89. The standard InChI is InChI=1S/C20H25N3O2/c1-16-4-2-5-18(14-16)22-20(24)23-11-7-17(8-12-23)9-13-25-19-6-3-10-21-15-19/h2-6,10,14-15,17H,7-9,11-13H2,1H3,(H,22,24). The molecule has 1 N–H and O–H groups in total. The lowest BCUT2D eigenvalue weighted by molar-refractivity contribution is 0.170. The summed E-state index contributed by atoms with van der Waals surface area (Å²) >= 11 is 0. The minimum Gasteiger partial charge on any atom is -0.492 e. The van der Waals surface area contributed by atoms with Crippen molar-refractivity contribution in [1.82, 2.24) is 9.88 Å². The van der Waals surface area contributed by atoms with Crippen LogP contribution in [0.3, 0.4) is 0 Å². The number of rotatable bonds is 5. The summed E-state index contributed by atoms with van der Waals surface area (Å²) in [5.41, 5.74) is 2.00. The molecule has 0 spiro atoms. The van der Waals surface area contributed by atoms with E-state index in [-0.39, 0.29) is 6.03 Å². The largest absolute Gasteiger partial charge is 0.492 e. The molecule has 0 bridgehead atoms. The number of pyridine rings is 1. The predicted molar refractivity (Wildman–Crippen MR) is 98.8 cm³/mol. The van der Waals surface area contributed by atoms with Crippen LogP contribution in [0.25, 0.3) is 0 Å². The van der Waals surface area contributed by atoms with E-state index >= 15 is 0 Å². The Hall–Kier alpha value is -2.56. The van der Waals surface area contributed by atoms with Gasteiger partial charge in [-0.1, -0.05) is 12.1 Å². The molecule has 2 aromatic rings. The molecule has 0 unspecified atom stereocenters. The monoisotopic (exact) mass is 339 g/mol. The van der Waals surface area contributed by atoms with Gasteiger partial charge in [-0.3, -0.25) is 4.98 Å². The van der Waals surface area contributed by atoms with Gasteiger partial charge >= 0.3 is 6.03 Å². The van der Waals surface area contributed by atoms with Crippen molar-refractivity contribution in [3.8, 4) is 5.75 Å². The van der Waals surface area contributed by atoms with Crippen molar-refractivity contribution in [1.29, 1.82) is 0 Å². The lowest BCUT2D eigenvalue weighted by Crippen LogP contribution is -2.41. The molecule has 3 rings (SSSR count). The number of anilines is 1. The molecule has 1 saturated heterocycles. The fourth-order valence-corrected chi connectivity index (χ4v) is 3.13. The number of aromatic nitrogens is 1. The maximum Gasteiger partial charge on any atom is 0.321 e. The molecular formula is C20H25N3O2. The van der Waals surface area contributed by atoms with Gasteiger partial charge in [-0.15, -0.1) is 0 Å². The zero-order valence-corrected chi connectivity index (χ0v) is 14.6. The van der Waals surface area contributed by atoms with E-state index in [1.807, 2.05) is 48.2 Å². The number of amides is 2. The van der Waals surface area contributed by atoms with Gasteiger partial charge in [0.25, 0.3) is 0 Å². The second kappa shape index (κ2) is 8.51. The van der Waals surface area contributed by atoms with Gasteiger partial charge in [0.1, 0.15) is 5.75 Å². The Kier molecular flexibility index (Phi) is 5.88. The van der Waals surface area contributed by atoms with E-state index in [1.54, 1.807) is 12.4 Å². The second-order valence-corrected chi connectivity index (χ2v) is 6.56. The maximum atomic E-state index is 12.4. The molecule has 1 aliphatic heterocycles. The zero-order valence-electron chi connectivity index (χ0n) is 14.6. The Balaban J connectivity index is 1.38. The summed E-state index contributed by atoms with van der Waals surface area (Å²) < 4.78 is 5.72. The third-order valence-electron chi connectivity index (χ3n) is 4.60. The number of nitrogens with zero attached hydrogens (tertiary/aromatic N) is 2. The number of ether oxygens (including phenoxy) is 1. The molecule has 2 amide bonds. The van der Waals surface area contributed by atoms with Gasteiger partial charge in [-0.05, 0) is 61.9 Å². The Bertz CT molecular complexity index is 682. The number of carbonyl (C=O) groups excluding carboxylic acids is 1. The van der Waals surface area contributed by atoms with Gasteiger partial charge in [0.2, 0.25) is 0 Å². The lowest BCUT2D eigenvalue weighted by atomic mass is 9.94. The van der Waals surface area contributed by atoms with E-state index < -0.39 is 0 Å². The summed E-state index contributed by atoms with van der Waals surface area (Å²) in [5.74, 6) is 1.43. The molecule has 1 aliphatic rings. The first kappa shape index (κ1) is 17.3. The number of hydrogen-bond acceptors (Lipinski definition) is 3. The topological polar surface area (TPSA) is 54.5 Å². The quantitative estimate of drug-likeness (QED) is 0.892. The van der Waals surface area contributed by atoms with Crippen LogP contribution in [0.4, 0.5) is 10.5 Å². The van der Waals surface area contributed by atoms with E-state index in [0.29, 0.717) is 12.5 Å².